The van der Waals surface area contributed by atoms with Gasteiger partial charge in [0.2, 0.25) is 5.91 Å². The average Bonchev–Trinajstić information content (AvgIpc) is 3.01. The van der Waals surface area contributed by atoms with Crippen LogP contribution in [0.15, 0.2) is 53.5 Å². The first-order valence-electron chi connectivity index (χ1n) is 9.18. The summed E-state index contributed by atoms with van der Waals surface area (Å²) >= 11 is 0. The highest BCUT2D eigenvalue weighted by Gasteiger charge is 2.14. The molecule has 8 nitrogen and oxygen atoms in total. The number of hydrogen-bond acceptors (Lipinski definition) is 4. The lowest BCUT2D eigenvalue weighted by Crippen LogP contribution is -2.37. The van der Waals surface area contributed by atoms with Crippen molar-refractivity contribution in [3.63, 3.8) is 0 Å². The fraction of sp³-hybridized carbons (Fsp3) is 0.300. The zero-order chi connectivity index (χ0) is 20.1. The minimum atomic E-state index is -0.466. The van der Waals surface area contributed by atoms with Crippen LogP contribution in [0.3, 0.4) is 0 Å². The molecule has 3 aromatic rings. The number of nitrogens with zero attached hydrogens (tertiary/aromatic N) is 3. The average molecular weight is 381 g/mol. The van der Waals surface area contributed by atoms with E-state index in [1.807, 2.05) is 44.2 Å². The molecule has 0 bridgehead atoms. The number of aromatic nitrogens is 3. The molecule has 0 radical (unpaired) electrons. The van der Waals surface area contributed by atoms with Crippen molar-refractivity contribution in [1.82, 2.24) is 24.8 Å². The van der Waals surface area contributed by atoms with Crippen LogP contribution in [0.1, 0.15) is 36.2 Å². The molecule has 1 atom stereocenters. The Bertz CT molecular complexity index is 1040. The van der Waals surface area contributed by atoms with Gasteiger partial charge in [-0.05, 0) is 31.0 Å². The topological polar surface area (TPSA) is 97.5 Å². The third-order valence-electron chi connectivity index (χ3n) is 4.45. The summed E-state index contributed by atoms with van der Waals surface area (Å²) in [6, 6.07) is 12.8. The molecular formula is C20H23N5O3. The first-order chi connectivity index (χ1) is 13.5. The second kappa shape index (κ2) is 8.51. The van der Waals surface area contributed by atoms with E-state index in [1.165, 1.54) is 10.6 Å². The van der Waals surface area contributed by atoms with E-state index in [4.69, 9.17) is 0 Å². The Morgan fingerprint density at radius 2 is 1.89 bits per heavy atom. The molecule has 2 heterocycles. The van der Waals surface area contributed by atoms with Gasteiger partial charge in [0.05, 0.1) is 5.56 Å². The van der Waals surface area contributed by atoms with Gasteiger partial charge >= 0.3 is 5.69 Å². The molecule has 0 saturated carbocycles. The normalized spacial score (nSPS) is 11.9. The van der Waals surface area contributed by atoms with Gasteiger partial charge in [-0.3, -0.25) is 9.59 Å². The molecule has 2 N–H and O–H groups in total. The van der Waals surface area contributed by atoms with Crippen LogP contribution in [-0.2, 0) is 17.9 Å². The molecule has 0 fully saturated rings. The second-order valence-corrected chi connectivity index (χ2v) is 6.63. The van der Waals surface area contributed by atoms with Crippen molar-refractivity contribution in [2.45, 2.75) is 39.4 Å². The van der Waals surface area contributed by atoms with Crippen molar-refractivity contribution in [3.8, 4) is 0 Å². The Balaban J connectivity index is 1.74. The predicted octanol–water partition coefficient (Wildman–Crippen LogP) is 1.34. The molecule has 0 aliphatic heterocycles. The number of rotatable bonds is 7. The second-order valence-electron chi connectivity index (χ2n) is 6.63. The van der Waals surface area contributed by atoms with Gasteiger partial charge in [-0.2, -0.15) is 0 Å². The van der Waals surface area contributed by atoms with Crippen molar-refractivity contribution in [1.29, 1.82) is 0 Å². The summed E-state index contributed by atoms with van der Waals surface area (Å²) in [4.78, 5) is 36.9. The summed E-state index contributed by atoms with van der Waals surface area (Å²) in [7, 11) is 0. The van der Waals surface area contributed by atoms with Crippen LogP contribution < -0.4 is 16.3 Å². The summed E-state index contributed by atoms with van der Waals surface area (Å²) in [6.07, 6.45) is 2.24. The molecule has 2 amide bonds. The lowest BCUT2D eigenvalue weighted by Gasteiger charge is -2.10. The molecule has 1 unspecified atom stereocenters. The van der Waals surface area contributed by atoms with Crippen LogP contribution in [0.2, 0.25) is 0 Å². The van der Waals surface area contributed by atoms with Gasteiger partial charge < -0.3 is 10.6 Å². The van der Waals surface area contributed by atoms with Crippen molar-refractivity contribution in [2.75, 3.05) is 0 Å². The number of benzene rings is 1. The monoisotopic (exact) mass is 381 g/mol. The Kier molecular flexibility index (Phi) is 5.88. The lowest BCUT2D eigenvalue weighted by molar-refractivity contribution is -0.122. The highest BCUT2D eigenvalue weighted by Crippen LogP contribution is 2.04. The van der Waals surface area contributed by atoms with Crippen molar-refractivity contribution < 1.29 is 9.59 Å². The molecule has 28 heavy (non-hydrogen) atoms. The lowest BCUT2D eigenvalue weighted by atomic mass is 10.2. The molecule has 3 rings (SSSR count). The maximum Gasteiger partial charge on any atom is 0.350 e. The first kappa shape index (κ1) is 19.3. The number of fused-ring (bicyclic) bond motifs is 1. The molecule has 0 spiro atoms. The molecule has 0 aliphatic rings. The largest absolute Gasteiger partial charge is 0.352 e. The fourth-order valence-corrected chi connectivity index (χ4v) is 2.69. The zero-order valence-corrected chi connectivity index (χ0v) is 15.9. The van der Waals surface area contributed by atoms with Gasteiger partial charge in [-0.15, -0.1) is 5.10 Å². The maximum atomic E-state index is 12.5. The Morgan fingerprint density at radius 1 is 1.14 bits per heavy atom. The van der Waals surface area contributed by atoms with Crippen molar-refractivity contribution in [2.24, 2.45) is 0 Å². The van der Waals surface area contributed by atoms with E-state index in [1.54, 1.807) is 12.1 Å². The minimum absolute atomic E-state index is 0.0279. The third-order valence-corrected chi connectivity index (χ3v) is 4.45. The van der Waals surface area contributed by atoms with E-state index < -0.39 is 5.69 Å². The van der Waals surface area contributed by atoms with Crippen LogP contribution in [0, 0.1) is 0 Å². The van der Waals surface area contributed by atoms with E-state index in [0.717, 1.165) is 16.7 Å². The highest BCUT2D eigenvalue weighted by atomic mass is 16.2. The smallest absolute Gasteiger partial charge is 0.350 e. The molecule has 146 valence electrons. The summed E-state index contributed by atoms with van der Waals surface area (Å²) in [6.45, 7) is 4.08. The van der Waals surface area contributed by atoms with E-state index >= 15 is 0 Å². The zero-order valence-electron chi connectivity index (χ0n) is 15.9. The van der Waals surface area contributed by atoms with E-state index in [-0.39, 0.29) is 24.4 Å². The molecule has 1 aromatic carbocycles. The van der Waals surface area contributed by atoms with Crippen LogP contribution >= 0.6 is 0 Å². The third kappa shape index (κ3) is 4.46. The maximum absolute atomic E-state index is 12.5. The van der Waals surface area contributed by atoms with Gasteiger partial charge in [0.1, 0.15) is 6.54 Å². The minimum Gasteiger partial charge on any atom is -0.352 e. The highest BCUT2D eigenvalue weighted by molar-refractivity contribution is 5.94. The van der Waals surface area contributed by atoms with Crippen LogP contribution in [-0.4, -0.2) is 32.0 Å². The van der Waals surface area contributed by atoms with Crippen LogP contribution in [0.4, 0.5) is 0 Å². The molecule has 2 aromatic heterocycles. The Hall–Kier alpha value is -3.42. The molecule has 0 aliphatic carbocycles. The standard InChI is InChI=1S/C20H23N5O3/c1-3-14(2)22-18(26)13-25-20(28)24-12-16(9-10-17(24)23-25)19(27)21-11-15-7-5-4-6-8-15/h4-10,12,14H,3,11,13H2,1-2H3,(H,21,27)(H,22,26). The summed E-state index contributed by atoms with van der Waals surface area (Å²) in [5.74, 6) is -0.569. The quantitative estimate of drug-likeness (QED) is 0.645. The molecule has 8 heteroatoms. The number of nitrogens with one attached hydrogen (secondary N) is 2. The van der Waals surface area contributed by atoms with Gasteiger partial charge in [0.15, 0.2) is 5.65 Å². The molecular weight excluding hydrogens is 358 g/mol. The Labute approximate surface area is 162 Å². The predicted molar refractivity (Wildman–Crippen MR) is 105 cm³/mol. The van der Waals surface area contributed by atoms with Gasteiger partial charge in [0.25, 0.3) is 5.91 Å². The number of amides is 2. The number of carbonyl (C=O) groups is 2. The summed E-state index contributed by atoms with van der Waals surface area (Å²) in [5.41, 5.74) is 1.23. The number of pyridine rings is 1. The van der Waals surface area contributed by atoms with Gasteiger partial charge in [-0.1, -0.05) is 37.3 Å². The van der Waals surface area contributed by atoms with E-state index in [9.17, 15) is 14.4 Å². The first-order valence-corrected chi connectivity index (χ1v) is 9.18. The van der Waals surface area contributed by atoms with Crippen molar-refractivity contribution >= 4 is 17.5 Å². The summed E-state index contributed by atoms with van der Waals surface area (Å²) < 4.78 is 2.37. The molecule has 0 saturated heterocycles. The van der Waals surface area contributed by atoms with E-state index in [0.29, 0.717) is 17.8 Å². The Morgan fingerprint density at radius 3 is 2.61 bits per heavy atom. The van der Waals surface area contributed by atoms with Gasteiger partial charge in [0, 0.05) is 18.8 Å². The SMILES string of the molecule is CCC(C)NC(=O)Cn1nc2ccc(C(=O)NCc3ccccc3)cn2c1=O. The van der Waals surface area contributed by atoms with Gasteiger partial charge in [-0.25, -0.2) is 13.9 Å². The number of carbonyl (C=O) groups excluding carboxylic acids is 2. The van der Waals surface area contributed by atoms with E-state index in [2.05, 4.69) is 15.7 Å². The number of hydrogen-bond donors (Lipinski definition) is 2. The van der Waals surface area contributed by atoms with Crippen LogP contribution in [0.5, 0.6) is 0 Å². The fourth-order valence-electron chi connectivity index (χ4n) is 2.69. The van der Waals surface area contributed by atoms with Crippen molar-refractivity contribution in [3.05, 3.63) is 70.3 Å². The van der Waals surface area contributed by atoms with Crippen LogP contribution in [0.25, 0.3) is 5.65 Å². The summed E-state index contributed by atoms with van der Waals surface area (Å²) in [5, 5.41) is 9.77.